The summed E-state index contributed by atoms with van der Waals surface area (Å²) < 4.78 is 22.5. The van der Waals surface area contributed by atoms with E-state index in [4.69, 9.17) is 4.74 Å². The molecule has 0 atom stereocenters. The van der Waals surface area contributed by atoms with Gasteiger partial charge in [0.05, 0.1) is 16.4 Å². The molecule has 34 heavy (non-hydrogen) atoms. The van der Waals surface area contributed by atoms with Crippen molar-refractivity contribution in [2.75, 3.05) is 5.32 Å². The van der Waals surface area contributed by atoms with Gasteiger partial charge in [0, 0.05) is 29.5 Å². The molecule has 1 N–H and O–H groups in total. The fraction of sp³-hybridized carbons (Fsp3) is 0.280. The SMILES string of the molecule is Cc1nc(COc2cccc(C(=O)Nc3cc(-c4nnc5n4CCCCC5)ccc3F)c2)cs1. The van der Waals surface area contributed by atoms with E-state index < -0.39 is 11.7 Å². The van der Waals surface area contributed by atoms with Gasteiger partial charge in [-0.3, -0.25) is 4.79 Å². The van der Waals surface area contributed by atoms with Crippen LogP contribution in [0.2, 0.25) is 0 Å². The standard InChI is InChI=1S/C25H24FN5O2S/c1-16-27-19(15-34-16)14-33-20-7-5-6-18(12-20)25(32)28-22-13-17(9-10-21(22)26)24-30-29-23-8-3-2-4-11-31(23)24/h5-7,9-10,12-13,15H,2-4,8,11,14H2,1H3,(H,28,32). The summed E-state index contributed by atoms with van der Waals surface area (Å²) in [5, 5.41) is 14.3. The number of hydrogen-bond donors (Lipinski definition) is 1. The summed E-state index contributed by atoms with van der Waals surface area (Å²) in [6.45, 7) is 3.09. The molecule has 1 aliphatic rings. The van der Waals surface area contributed by atoms with Gasteiger partial charge in [-0.1, -0.05) is 12.5 Å². The average Bonchev–Trinajstić information content (AvgIpc) is 3.37. The molecule has 0 aliphatic carbocycles. The van der Waals surface area contributed by atoms with Gasteiger partial charge in [-0.25, -0.2) is 9.37 Å². The molecule has 1 amide bonds. The lowest BCUT2D eigenvalue weighted by atomic mass is 10.1. The van der Waals surface area contributed by atoms with Crippen molar-refractivity contribution >= 4 is 22.9 Å². The summed E-state index contributed by atoms with van der Waals surface area (Å²) in [5.41, 5.74) is 2.02. The minimum atomic E-state index is -0.515. The van der Waals surface area contributed by atoms with Crippen LogP contribution >= 0.6 is 11.3 Å². The second-order valence-electron chi connectivity index (χ2n) is 8.23. The molecule has 0 spiro atoms. The largest absolute Gasteiger partial charge is 0.487 e. The zero-order valence-electron chi connectivity index (χ0n) is 18.8. The number of aryl methyl sites for hydroxylation is 2. The number of halogens is 1. The Bertz CT molecular complexity index is 1330. The fourth-order valence-electron chi connectivity index (χ4n) is 4.01. The number of hydrogen-bond acceptors (Lipinski definition) is 6. The lowest BCUT2D eigenvalue weighted by molar-refractivity contribution is 0.102. The first-order valence-corrected chi connectivity index (χ1v) is 12.1. The van der Waals surface area contributed by atoms with Crippen LogP contribution in [0.25, 0.3) is 11.4 Å². The highest BCUT2D eigenvalue weighted by Gasteiger charge is 2.18. The van der Waals surface area contributed by atoms with Crippen molar-refractivity contribution in [2.45, 2.75) is 45.8 Å². The Morgan fingerprint density at radius 2 is 2.09 bits per heavy atom. The highest BCUT2D eigenvalue weighted by atomic mass is 32.1. The predicted molar refractivity (Wildman–Crippen MR) is 129 cm³/mol. The van der Waals surface area contributed by atoms with Crippen LogP contribution < -0.4 is 10.1 Å². The van der Waals surface area contributed by atoms with Crippen LogP contribution in [0.1, 0.15) is 46.1 Å². The number of rotatable bonds is 6. The smallest absolute Gasteiger partial charge is 0.255 e. The van der Waals surface area contributed by atoms with Gasteiger partial charge in [-0.05, 0) is 56.2 Å². The van der Waals surface area contributed by atoms with E-state index in [1.165, 1.54) is 6.07 Å². The van der Waals surface area contributed by atoms with E-state index in [0.717, 1.165) is 48.8 Å². The number of ether oxygens (including phenoxy) is 1. The quantitative estimate of drug-likeness (QED) is 0.402. The van der Waals surface area contributed by atoms with E-state index in [1.54, 1.807) is 47.7 Å². The number of nitrogens with one attached hydrogen (secondary N) is 1. The van der Waals surface area contributed by atoms with E-state index in [1.807, 2.05) is 12.3 Å². The molecule has 0 bridgehead atoms. The molecular weight excluding hydrogens is 453 g/mol. The van der Waals surface area contributed by atoms with Gasteiger partial charge in [-0.15, -0.1) is 21.5 Å². The Hall–Kier alpha value is -3.59. The molecule has 174 valence electrons. The third-order valence-corrected chi connectivity index (χ3v) is 6.55. The number of benzene rings is 2. The number of thiazole rings is 1. The summed E-state index contributed by atoms with van der Waals surface area (Å²) in [7, 11) is 0. The van der Waals surface area contributed by atoms with Crippen molar-refractivity contribution < 1.29 is 13.9 Å². The third kappa shape index (κ3) is 4.84. The molecule has 2 aromatic carbocycles. The molecule has 7 nitrogen and oxygen atoms in total. The molecule has 2 aromatic heterocycles. The van der Waals surface area contributed by atoms with E-state index in [9.17, 15) is 9.18 Å². The summed E-state index contributed by atoms with van der Waals surface area (Å²) in [5.74, 6) is 1.25. The maximum atomic E-state index is 14.6. The zero-order chi connectivity index (χ0) is 23.5. The number of aromatic nitrogens is 4. The van der Waals surface area contributed by atoms with Gasteiger partial charge >= 0.3 is 0 Å². The van der Waals surface area contributed by atoms with Crippen molar-refractivity contribution in [3.63, 3.8) is 0 Å². The summed E-state index contributed by atoms with van der Waals surface area (Å²) in [6, 6.07) is 11.4. The van der Waals surface area contributed by atoms with E-state index in [-0.39, 0.29) is 5.69 Å². The molecule has 4 aromatic rings. The first-order chi connectivity index (χ1) is 16.6. The van der Waals surface area contributed by atoms with Gasteiger partial charge in [0.2, 0.25) is 0 Å². The number of fused-ring (bicyclic) bond motifs is 1. The molecule has 0 saturated carbocycles. The van der Waals surface area contributed by atoms with Crippen LogP contribution in [-0.4, -0.2) is 25.7 Å². The second kappa shape index (κ2) is 9.72. The van der Waals surface area contributed by atoms with Crippen molar-refractivity contribution in [1.29, 1.82) is 0 Å². The highest BCUT2D eigenvalue weighted by Crippen LogP contribution is 2.27. The monoisotopic (exact) mass is 477 g/mol. The molecule has 1 aliphatic heterocycles. The summed E-state index contributed by atoms with van der Waals surface area (Å²) in [4.78, 5) is 17.3. The number of nitrogens with zero attached hydrogens (tertiary/aromatic N) is 4. The van der Waals surface area contributed by atoms with Crippen molar-refractivity contribution in [1.82, 2.24) is 19.7 Å². The second-order valence-corrected chi connectivity index (χ2v) is 9.29. The number of amides is 1. The molecule has 0 unspecified atom stereocenters. The Morgan fingerprint density at radius 3 is 2.94 bits per heavy atom. The molecule has 0 fully saturated rings. The number of carbonyl (C=O) groups is 1. The highest BCUT2D eigenvalue weighted by molar-refractivity contribution is 7.09. The Kier molecular flexibility index (Phi) is 6.35. The van der Waals surface area contributed by atoms with Crippen LogP contribution in [-0.2, 0) is 19.6 Å². The van der Waals surface area contributed by atoms with E-state index >= 15 is 0 Å². The van der Waals surface area contributed by atoms with Gasteiger partial charge in [0.25, 0.3) is 5.91 Å². The van der Waals surface area contributed by atoms with Crippen molar-refractivity contribution in [3.8, 4) is 17.1 Å². The molecule has 9 heteroatoms. The molecule has 3 heterocycles. The first-order valence-electron chi connectivity index (χ1n) is 11.2. The molecular formula is C25H24FN5O2S. The van der Waals surface area contributed by atoms with Gasteiger partial charge in [0.1, 0.15) is 24.0 Å². The van der Waals surface area contributed by atoms with Crippen LogP contribution in [0.15, 0.2) is 47.8 Å². The third-order valence-electron chi connectivity index (χ3n) is 5.73. The zero-order valence-corrected chi connectivity index (χ0v) is 19.6. The molecule has 0 saturated heterocycles. The number of anilines is 1. The first kappa shape index (κ1) is 22.2. The predicted octanol–water partition coefficient (Wildman–Crippen LogP) is 5.41. The molecule has 0 radical (unpaired) electrons. The minimum Gasteiger partial charge on any atom is -0.487 e. The maximum absolute atomic E-state index is 14.6. The summed E-state index contributed by atoms with van der Waals surface area (Å²) >= 11 is 1.56. The average molecular weight is 478 g/mol. The lowest BCUT2D eigenvalue weighted by Gasteiger charge is -2.11. The topological polar surface area (TPSA) is 81.9 Å². The van der Waals surface area contributed by atoms with Crippen LogP contribution in [0.4, 0.5) is 10.1 Å². The van der Waals surface area contributed by atoms with Crippen LogP contribution in [0.5, 0.6) is 5.75 Å². The minimum absolute atomic E-state index is 0.0951. The van der Waals surface area contributed by atoms with Crippen LogP contribution in [0.3, 0.4) is 0 Å². The Morgan fingerprint density at radius 1 is 1.18 bits per heavy atom. The van der Waals surface area contributed by atoms with Crippen LogP contribution in [0, 0.1) is 12.7 Å². The lowest BCUT2D eigenvalue weighted by Crippen LogP contribution is -2.13. The molecule has 5 rings (SSSR count). The van der Waals surface area contributed by atoms with Gasteiger partial charge in [0.15, 0.2) is 5.82 Å². The maximum Gasteiger partial charge on any atom is 0.255 e. The van der Waals surface area contributed by atoms with Gasteiger partial charge < -0.3 is 14.6 Å². The Balaban J connectivity index is 1.33. The van der Waals surface area contributed by atoms with Crippen molar-refractivity contribution in [3.05, 3.63) is 75.8 Å². The number of carbonyl (C=O) groups excluding carboxylic acids is 1. The van der Waals surface area contributed by atoms with Gasteiger partial charge in [-0.2, -0.15) is 0 Å². The normalized spacial score (nSPS) is 13.2. The van der Waals surface area contributed by atoms with E-state index in [0.29, 0.717) is 29.3 Å². The fourth-order valence-corrected chi connectivity index (χ4v) is 4.61. The van der Waals surface area contributed by atoms with E-state index in [2.05, 4.69) is 25.1 Å². The summed E-state index contributed by atoms with van der Waals surface area (Å²) in [6.07, 6.45) is 4.19. The van der Waals surface area contributed by atoms with Crippen molar-refractivity contribution in [2.24, 2.45) is 0 Å². The Labute approximate surface area is 200 Å².